The normalized spacial score (nSPS) is 16.6. The van der Waals surface area contributed by atoms with Gasteiger partial charge in [-0.15, -0.1) is 0 Å². The SMILES string of the molecule is COc1cc2c(cc1OCc1ccccc1)CCN(C)C2c1ccccc1. The van der Waals surface area contributed by atoms with Crippen molar-refractivity contribution in [2.45, 2.75) is 19.1 Å². The van der Waals surface area contributed by atoms with Gasteiger partial charge in [0.05, 0.1) is 13.2 Å². The Balaban J connectivity index is 1.67. The monoisotopic (exact) mass is 359 g/mol. The molecule has 1 unspecified atom stereocenters. The van der Waals surface area contributed by atoms with E-state index in [1.807, 2.05) is 18.2 Å². The molecule has 27 heavy (non-hydrogen) atoms. The molecular weight excluding hydrogens is 334 g/mol. The summed E-state index contributed by atoms with van der Waals surface area (Å²) in [6.45, 7) is 1.56. The van der Waals surface area contributed by atoms with Crippen LogP contribution >= 0.6 is 0 Å². The molecule has 3 aromatic carbocycles. The molecule has 0 aliphatic carbocycles. The molecule has 0 aromatic heterocycles. The van der Waals surface area contributed by atoms with E-state index in [2.05, 4.69) is 66.5 Å². The summed E-state index contributed by atoms with van der Waals surface area (Å²) >= 11 is 0. The molecule has 3 nitrogen and oxygen atoms in total. The van der Waals surface area contributed by atoms with Gasteiger partial charge >= 0.3 is 0 Å². The number of benzene rings is 3. The Morgan fingerprint density at radius 1 is 0.926 bits per heavy atom. The van der Waals surface area contributed by atoms with E-state index in [0.29, 0.717) is 6.61 Å². The van der Waals surface area contributed by atoms with Crippen molar-refractivity contribution in [1.82, 2.24) is 4.90 Å². The molecule has 1 aliphatic heterocycles. The Kier molecular flexibility index (Phi) is 5.12. The number of rotatable bonds is 5. The van der Waals surface area contributed by atoms with Crippen LogP contribution in [-0.2, 0) is 13.0 Å². The van der Waals surface area contributed by atoms with Crippen molar-refractivity contribution in [3.8, 4) is 11.5 Å². The van der Waals surface area contributed by atoms with E-state index in [1.54, 1.807) is 7.11 Å². The Labute approximate surface area is 161 Å². The maximum atomic E-state index is 6.11. The first kappa shape index (κ1) is 17.6. The molecule has 0 radical (unpaired) electrons. The number of hydrogen-bond acceptors (Lipinski definition) is 3. The van der Waals surface area contributed by atoms with Crippen LogP contribution in [0.1, 0.15) is 28.3 Å². The summed E-state index contributed by atoms with van der Waals surface area (Å²) in [5, 5.41) is 0. The second kappa shape index (κ2) is 7.85. The number of likely N-dealkylation sites (N-methyl/N-ethyl adjacent to an activating group) is 1. The average molecular weight is 359 g/mol. The second-order valence-corrected chi connectivity index (χ2v) is 7.02. The van der Waals surface area contributed by atoms with Crippen LogP contribution in [0.2, 0.25) is 0 Å². The number of nitrogens with zero attached hydrogens (tertiary/aromatic N) is 1. The summed E-state index contributed by atoms with van der Waals surface area (Å²) in [5.41, 5.74) is 5.10. The van der Waals surface area contributed by atoms with Crippen LogP contribution in [-0.4, -0.2) is 25.6 Å². The van der Waals surface area contributed by atoms with Crippen LogP contribution in [0.15, 0.2) is 72.8 Å². The molecule has 3 heteroatoms. The highest BCUT2D eigenvalue weighted by atomic mass is 16.5. The summed E-state index contributed by atoms with van der Waals surface area (Å²) < 4.78 is 11.8. The van der Waals surface area contributed by atoms with Crippen LogP contribution in [0.4, 0.5) is 0 Å². The molecule has 0 bridgehead atoms. The molecule has 1 atom stereocenters. The highest BCUT2D eigenvalue weighted by Crippen LogP contribution is 2.40. The van der Waals surface area contributed by atoms with Gasteiger partial charge in [0.25, 0.3) is 0 Å². The molecule has 3 aromatic rings. The van der Waals surface area contributed by atoms with Crippen LogP contribution in [0.25, 0.3) is 0 Å². The quantitative estimate of drug-likeness (QED) is 0.650. The van der Waals surface area contributed by atoms with Gasteiger partial charge in [-0.05, 0) is 47.9 Å². The van der Waals surface area contributed by atoms with Crippen LogP contribution < -0.4 is 9.47 Å². The number of ether oxygens (including phenoxy) is 2. The van der Waals surface area contributed by atoms with Gasteiger partial charge in [-0.1, -0.05) is 60.7 Å². The minimum Gasteiger partial charge on any atom is -0.493 e. The third-order valence-electron chi connectivity index (χ3n) is 5.25. The zero-order valence-corrected chi connectivity index (χ0v) is 15.9. The van der Waals surface area contributed by atoms with Crippen LogP contribution in [0, 0.1) is 0 Å². The molecule has 138 valence electrons. The van der Waals surface area contributed by atoms with E-state index in [0.717, 1.165) is 30.0 Å². The summed E-state index contributed by atoms with van der Waals surface area (Å²) in [6.07, 6.45) is 1.01. The molecule has 4 rings (SSSR count). The lowest BCUT2D eigenvalue weighted by Crippen LogP contribution is -2.32. The lowest BCUT2D eigenvalue weighted by atomic mass is 9.88. The Morgan fingerprint density at radius 3 is 2.33 bits per heavy atom. The molecule has 0 spiro atoms. The smallest absolute Gasteiger partial charge is 0.161 e. The lowest BCUT2D eigenvalue weighted by molar-refractivity contribution is 0.258. The van der Waals surface area contributed by atoms with E-state index < -0.39 is 0 Å². The lowest BCUT2D eigenvalue weighted by Gasteiger charge is -2.35. The number of methoxy groups -OCH3 is 1. The van der Waals surface area contributed by atoms with E-state index in [-0.39, 0.29) is 6.04 Å². The predicted octanol–water partition coefficient (Wildman–Crippen LogP) is 4.85. The van der Waals surface area contributed by atoms with Gasteiger partial charge in [0.2, 0.25) is 0 Å². The molecule has 1 heterocycles. The van der Waals surface area contributed by atoms with Crippen molar-refractivity contribution < 1.29 is 9.47 Å². The first-order valence-corrected chi connectivity index (χ1v) is 9.39. The van der Waals surface area contributed by atoms with E-state index in [1.165, 1.54) is 16.7 Å². The van der Waals surface area contributed by atoms with Crippen molar-refractivity contribution in [1.29, 1.82) is 0 Å². The third kappa shape index (κ3) is 3.69. The summed E-state index contributed by atoms with van der Waals surface area (Å²) in [4.78, 5) is 2.40. The zero-order chi connectivity index (χ0) is 18.6. The predicted molar refractivity (Wildman–Crippen MR) is 108 cm³/mol. The highest BCUT2D eigenvalue weighted by Gasteiger charge is 2.28. The van der Waals surface area contributed by atoms with Crippen molar-refractivity contribution in [3.63, 3.8) is 0 Å². The topological polar surface area (TPSA) is 21.7 Å². The summed E-state index contributed by atoms with van der Waals surface area (Å²) in [5.74, 6) is 1.61. The van der Waals surface area contributed by atoms with Gasteiger partial charge < -0.3 is 9.47 Å². The number of fused-ring (bicyclic) bond motifs is 1. The Morgan fingerprint density at radius 2 is 1.63 bits per heavy atom. The molecule has 0 saturated heterocycles. The molecule has 0 saturated carbocycles. The van der Waals surface area contributed by atoms with Gasteiger partial charge in [-0.25, -0.2) is 0 Å². The summed E-state index contributed by atoms with van der Waals surface area (Å²) in [7, 11) is 3.90. The van der Waals surface area contributed by atoms with Crippen LogP contribution in [0.3, 0.4) is 0 Å². The summed E-state index contributed by atoms with van der Waals surface area (Å²) in [6, 6.07) is 25.5. The van der Waals surface area contributed by atoms with Gasteiger partial charge in [-0.3, -0.25) is 4.90 Å². The minimum absolute atomic E-state index is 0.243. The molecular formula is C24H25NO2. The van der Waals surface area contributed by atoms with Gasteiger partial charge in [-0.2, -0.15) is 0 Å². The van der Waals surface area contributed by atoms with Crippen molar-refractivity contribution in [2.75, 3.05) is 20.7 Å². The van der Waals surface area contributed by atoms with Crippen molar-refractivity contribution in [3.05, 3.63) is 95.1 Å². The van der Waals surface area contributed by atoms with E-state index >= 15 is 0 Å². The average Bonchev–Trinajstić information content (AvgIpc) is 2.73. The largest absolute Gasteiger partial charge is 0.493 e. The van der Waals surface area contributed by atoms with Gasteiger partial charge in [0.1, 0.15) is 6.61 Å². The van der Waals surface area contributed by atoms with Crippen molar-refractivity contribution >= 4 is 0 Å². The maximum Gasteiger partial charge on any atom is 0.161 e. The molecule has 0 amide bonds. The Bertz CT molecular complexity index is 893. The molecule has 0 fully saturated rings. The van der Waals surface area contributed by atoms with Gasteiger partial charge in [0.15, 0.2) is 11.5 Å². The number of hydrogen-bond donors (Lipinski definition) is 0. The fourth-order valence-corrected chi connectivity index (χ4v) is 3.83. The first-order chi connectivity index (χ1) is 13.3. The third-order valence-corrected chi connectivity index (χ3v) is 5.25. The fraction of sp³-hybridized carbons (Fsp3) is 0.250. The molecule has 1 aliphatic rings. The first-order valence-electron chi connectivity index (χ1n) is 9.39. The maximum absolute atomic E-state index is 6.11. The van der Waals surface area contributed by atoms with Crippen LogP contribution in [0.5, 0.6) is 11.5 Å². The van der Waals surface area contributed by atoms with E-state index in [9.17, 15) is 0 Å². The van der Waals surface area contributed by atoms with Gasteiger partial charge in [0, 0.05) is 6.54 Å². The van der Waals surface area contributed by atoms with E-state index in [4.69, 9.17) is 9.47 Å². The zero-order valence-electron chi connectivity index (χ0n) is 15.9. The minimum atomic E-state index is 0.243. The molecule has 0 N–H and O–H groups in total. The van der Waals surface area contributed by atoms with Crippen molar-refractivity contribution in [2.24, 2.45) is 0 Å². The Hall–Kier alpha value is -2.78. The fourth-order valence-electron chi connectivity index (χ4n) is 3.83. The second-order valence-electron chi connectivity index (χ2n) is 7.02. The standard InChI is InChI=1S/C24H25NO2/c1-25-14-13-20-15-23(27-17-18-9-5-3-6-10-18)22(26-2)16-21(20)24(25)19-11-7-4-8-12-19/h3-12,15-16,24H,13-14,17H2,1-2H3. The highest BCUT2D eigenvalue weighted by molar-refractivity contribution is 5.51.